The lowest BCUT2D eigenvalue weighted by Crippen LogP contribution is -2.51. The zero-order valence-corrected chi connectivity index (χ0v) is 23.5. The smallest absolute Gasteiger partial charge is 0.243 e. The van der Waals surface area contributed by atoms with Crippen molar-refractivity contribution in [3.05, 3.63) is 64.7 Å². The van der Waals surface area contributed by atoms with Gasteiger partial charge in [0.1, 0.15) is 6.04 Å². The first-order chi connectivity index (χ1) is 17.6. The molecule has 1 N–H and O–H groups in total. The van der Waals surface area contributed by atoms with E-state index >= 15 is 0 Å². The minimum atomic E-state index is -3.57. The van der Waals surface area contributed by atoms with Crippen molar-refractivity contribution in [1.29, 1.82) is 0 Å². The van der Waals surface area contributed by atoms with Crippen molar-refractivity contribution >= 4 is 39.1 Å². The molecule has 2 amide bonds. The van der Waals surface area contributed by atoms with Crippen LogP contribution in [0.15, 0.2) is 48.5 Å². The van der Waals surface area contributed by atoms with Gasteiger partial charge in [-0.1, -0.05) is 61.7 Å². The number of carbonyl (C=O) groups is 2. The molecule has 3 rings (SSSR count). The van der Waals surface area contributed by atoms with Gasteiger partial charge >= 0.3 is 0 Å². The molecule has 1 aliphatic rings. The SMILES string of the molecule is CC[C@@H](C(=O)NC1CCCC1)N(Cc1ccccc1C)C(=O)CCCN(c1cccc(Cl)c1)S(C)(=O)=O. The Balaban J connectivity index is 1.76. The van der Waals surface area contributed by atoms with Crippen molar-refractivity contribution in [1.82, 2.24) is 10.2 Å². The highest BCUT2D eigenvalue weighted by Crippen LogP contribution is 2.24. The van der Waals surface area contributed by atoms with Crippen LogP contribution in [0.4, 0.5) is 5.69 Å². The molecule has 2 aromatic carbocycles. The largest absolute Gasteiger partial charge is 0.352 e. The zero-order chi connectivity index (χ0) is 27.0. The molecule has 0 radical (unpaired) electrons. The number of amides is 2. The van der Waals surface area contributed by atoms with Gasteiger partial charge in [0, 0.05) is 30.6 Å². The minimum Gasteiger partial charge on any atom is -0.352 e. The molecule has 0 aliphatic heterocycles. The molecule has 0 unspecified atom stereocenters. The molecule has 1 aliphatic carbocycles. The van der Waals surface area contributed by atoms with E-state index in [1.165, 1.54) is 4.31 Å². The number of nitrogens with zero attached hydrogens (tertiary/aromatic N) is 2. The van der Waals surface area contributed by atoms with Gasteiger partial charge < -0.3 is 10.2 Å². The van der Waals surface area contributed by atoms with Gasteiger partial charge in [-0.15, -0.1) is 0 Å². The van der Waals surface area contributed by atoms with Crippen LogP contribution in [0.1, 0.15) is 63.0 Å². The average Bonchev–Trinajstić information content (AvgIpc) is 3.35. The second-order valence-corrected chi connectivity index (χ2v) is 12.1. The Morgan fingerprint density at radius 3 is 2.43 bits per heavy atom. The predicted molar refractivity (Wildman–Crippen MR) is 149 cm³/mol. The summed E-state index contributed by atoms with van der Waals surface area (Å²) < 4.78 is 26.2. The number of benzene rings is 2. The van der Waals surface area contributed by atoms with Crippen molar-refractivity contribution in [2.24, 2.45) is 0 Å². The van der Waals surface area contributed by atoms with Gasteiger partial charge in [-0.3, -0.25) is 13.9 Å². The highest BCUT2D eigenvalue weighted by molar-refractivity contribution is 7.92. The third-order valence-electron chi connectivity index (χ3n) is 6.94. The van der Waals surface area contributed by atoms with E-state index in [-0.39, 0.29) is 30.8 Å². The van der Waals surface area contributed by atoms with E-state index < -0.39 is 16.1 Å². The fraction of sp³-hybridized carbons (Fsp3) is 0.500. The van der Waals surface area contributed by atoms with E-state index in [1.807, 2.05) is 38.1 Å². The van der Waals surface area contributed by atoms with Crippen LogP contribution in [0, 0.1) is 6.92 Å². The van der Waals surface area contributed by atoms with E-state index in [0.717, 1.165) is 43.1 Å². The fourth-order valence-corrected chi connectivity index (χ4v) is 6.03. The Kier molecular flexibility index (Phi) is 10.4. The van der Waals surface area contributed by atoms with Gasteiger partial charge in [0.15, 0.2) is 0 Å². The topological polar surface area (TPSA) is 86.8 Å². The lowest BCUT2D eigenvalue weighted by atomic mass is 10.0. The number of rotatable bonds is 12. The predicted octanol–water partition coefficient (Wildman–Crippen LogP) is 5.06. The summed E-state index contributed by atoms with van der Waals surface area (Å²) in [5.41, 5.74) is 2.50. The standard InChI is InChI=1S/C28H38ClN3O4S/c1-4-26(28(34)30-24-14-7-8-15-24)31(20-22-12-6-5-11-21(22)2)27(33)17-10-18-32(37(3,35)36)25-16-9-13-23(29)19-25/h5-6,9,11-13,16,19,24,26H,4,7-8,10,14-15,17-18,20H2,1-3H3,(H,30,34)/t26-/m0/s1. The normalized spacial score (nSPS) is 14.8. The second kappa shape index (κ2) is 13.3. The Hall–Kier alpha value is -2.58. The van der Waals surface area contributed by atoms with Crippen LogP contribution >= 0.6 is 11.6 Å². The van der Waals surface area contributed by atoms with Crippen LogP contribution < -0.4 is 9.62 Å². The van der Waals surface area contributed by atoms with Crippen LogP contribution in [0.3, 0.4) is 0 Å². The number of anilines is 1. The van der Waals surface area contributed by atoms with Crippen molar-refractivity contribution in [2.45, 2.75) is 77.4 Å². The monoisotopic (exact) mass is 547 g/mol. The molecule has 0 saturated heterocycles. The maximum atomic E-state index is 13.6. The van der Waals surface area contributed by atoms with E-state index in [9.17, 15) is 18.0 Å². The van der Waals surface area contributed by atoms with Gasteiger partial charge in [-0.05, 0) is 61.9 Å². The third kappa shape index (κ3) is 8.20. The minimum absolute atomic E-state index is 0.117. The third-order valence-corrected chi connectivity index (χ3v) is 8.37. The van der Waals surface area contributed by atoms with Gasteiger partial charge in [0.25, 0.3) is 0 Å². The lowest BCUT2D eigenvalue weighted by Gasteiger charge is -2.32. The van der Waals surface area contributed by atoms with Crippen LogP contribution in [-0.2, 0) is 26.2 Å². The molecule has 37 heavy (non-hydrogen) atoms. The molecule has 0 heterocycles. The molecule has 0 aromatic heterocycles. The molecule has 2 aromatic rings. The van der Waals surface area contributed by atoms with Gasteiger partial charge in [-0.2, -0.15) is 0 Å². The Morgan fingerprint density at radius 1 is 1.11 bits per heavy atom. The molecular formula is C28H38ClN3O4S. The highest BCUT2D eigenvalue weighted by Gasteiger charge is 2.31. The lowest BCUT2D eigenvalue weighted by molar-refractivity contribution is -0.141. The number of hydrogen-bond donors (Lipinski definition) is 1. The molecular weight excluding hydrogens is 510 g/mol. The molecule has 0 spiro atoms. The van der Waals surface area contributed by atoms with Gasteiger partial charge in [-0.25, -0.2) is 8.42 Å². The molecule has 7 nitrogen and oxygen atoms in total. The Morgan fingerprint density at radius 2 is 1.81 bits per heavy atom. The summed E-state index contributed by atoms with van der Waals surface area (Å²) in [6.07, 6.45) is 6.22. The van der Waals surface area contributed by atoms with Crippen molar-refractivity contribution in [3.63, 3.8) is 0 Å². The molecule has 0 bridgehead atoms. The second-order valence-electron chi connectivity index (χ2n) is 9.78. The molecule has 1 fully saturated rings. The van der Waals surface area contributed by atoms with E-state index in [2.05, 4.69) is 5.32 Å². The summed E-state index contributed by atoms with van der Waals surface area (Å²) in [5.74, 6) is -0.288. The van der Waals surface area contributed by atoms with Gasteiger partial charge in [0.2, 0.25) is 21.8 Å². The molecule has 9 heteroatoms. The fourth-order valence-electron chi connectivity index (χ4n) is 4.89. The van der Waals surface area contributed by atoms with Crippen LogP contribution in [0.2, 0.25) is 5.02 Å². The first kappa shape index (κ1) is 29.0. The number of aryl methyl sites for hydroxylation is 1. The maximum Gasteiger partial charge on any atom is 0.243 e. The summed E-state index contributed by atoms with van der Waals surface area (Å²) in [6, 6.07) is 14.1. The maximum absolute atomic E-state index is 13.6. The average molecular weight is 548 g/mol. The van der Waals surface area contributed by atoms with Crippen LogP contribution in [0.25, 0.3) is 0 Å². The number of sulfonamides is 1. The highest BCUT2D eigenvalue weighted by atomic mass is 35.5. The molecule has 1 atom stereocenters. The van der Waals surface area contributed by atoms with E-state index in [0.29, 0.717) is 30.1 Å². The molecule has 202 valence electrons. The number of carbonyl (C=O) groups excluding carboxylic acids is 2. The molecule has 1 saturated carbocycles. The summed E-state index contributed by atoms with van der Waals surface area (Å²) in [7, 11) is -3.57. The van der Waals surface area contributed by atoms with Crippen molar-refractivity contribution in [3.8, 4) is 0 Å². The van der Waals surface area contributed by atoms with Gasteiger partial charge in [0.05, 0.1) is 11.9 Å². The summed E-state index contributed by atoms with van der Waals surface area (Å²) in [4.78, 5) is 28.5. The number of halogens is 1. The number of hydrogen-bond acceptors (Lipinski definition) is 4. The van der Waals surface area contributed by atoms with E-state index in [4.69, 9.17) is 11.6 Å². The Labute approximate surface area is 226 Å². The van der Waals surface area contributed by atoms with E-state index in [1.54, 1.807) is 29.2 Å². The van der Waals surface area contributed by atoms with Crippen LogP contribution in [0.5, 0.6) is 0 Å². The first-order valence-electron chi connectivity index (χ1n) is 13.0. The summed E-state index contributed by atoms with van der Waals surface area (Å²) in [6.45, 7) is 4.37. The first-order valence-corrected chi connectivity index (χ1v) is 15.2. The summed E-state index contributed by atoms with van der Waals surface area (Å²) in [5, 5.41) is 3.59. The van der Waals surface area contributed by atoms with Crippen molar-refractivity contribution in [2.75, 3.05) is 17.1 Å². The summed E-state index contributed by atoms with van der Waals surface area (Å²) >= 11 is 6.08. The van der Waals surface area contributed by atoms with Crippen LogP contribution in [-0.4, -0.2) is 50.0 Å². The van der Waals surface area contributed by atoms with Crippen molar-refractivity contribution < 1.29 is 18.0 Å². The zero-order valence-electron chi connectivity index (χ0n) is 22.0. The quantitative estimate of drug-likeness (QED) is 0.402. The number of nitrogens with one attached hydrogen (secondary N) is 1. The Bertz CT molecular complexity index is 1180.